The number of alkyl halides is 3. The lowest BCUT2D eigenvalue weighted by atomic mass is 10.1. The van der Waals surface area contributed by atoms with E-state index in [1.165, 1.54) is 12.5 Å². The molecule has 208 valence electrons. The largest absolute Gasteiger partial charge is 0.492 e. The molecule has 11 heteroatoms. The molecule has 4 aromatic rings. The predicted octanol–water partition coefficient (Wildman–Crippen LogP) is 6.15. The lowest BCUT2D eigenvalue weighted by Crippen LogP contribution is -2.30. The molecule has 2 aromatic heterocycles. The van der Waals surface area contributed by atoms with Gasteiger partial charge in [-0.25, -0.2) is 9.97 Å². The molecule has 1 aliphatic rings. The van der Waals surface area contributed by atoms with Gasteiger partial charge in [-0.2, -0.15) is 13.2 Å². The van der Waals surface area contributed by atoms with Crippen LogP contribution in [0.5, 0.6) is 5.75 Å². The summed E-state index contributed by atoms with van der Waals surface area (Å²) in [5, 5.41) is 5.80. The molecule has 1 aliphatic heterocycles. The Kier molecular flexibility index (Phi) is 8.01. The number of carbonyl (C=O) groups is 1. The second-order valence-electron chi connectivity index (χ2n) is 9.64. The van der Waals surface area contributed by atoms with Crippen molar-refractivity contribution in [1.29, 1.82) is 0 Å². The summed E-state index contributed by atoms with van der Waals surface area (Å²) in [6.07, 6.45) is 1.77. The number of aromatic nitrogens is 2. The third-order valence-electron chi connectivity index (χ3n) is 6.72. The first-order valence-corrected chi connectivity index (χ1v) is 12.8. The summed E-state index contributed by atoms with van der Waals surface area (Å²) in [4.78, 5) is 23.4. The average Bonchev–Trinajstić information content (AvgIpc) is 3.60. The standard InChI is InChI=1S/C29H28F3N5O3/c1-37-10-4-8-24(37)17-39-25-14-21(29(30,31)32)13-23(15-25)35-27(38)12-20-6-3-9-34-28(20)36-22-7-2-5-19(11-22)26-16-33-18-40-26/h2-3,5-7,9,11,13-16,18,24H,4,8,10,12,17H2,1H3,(H,34,36)(H,35,38)/t24-/m1/s1. The van der Waals surface area contributed by atoms with Crippen molar-refractivity contribution in [3.8, 4) is 17.1 Å². The molecule has 0 spiro atoms. The van der Waals surface area contributed by atoms with E-state index in [-0.39, 0.29) is 30.5 Å². The number of pyridine rings is 1. The number of rotatable bonds is 9. The van der Waals surface area contributed by atoms with Gasteiger partial charge in [0, 0.05) is 40.8 Å². The van der Waals surface area contributed by atoms with Crippen LogP contribution >= 0.6 is 0 Å². The molecule has 1 atom stereocenters. The van der Waals surface area contributed by atoms with Crippen LogP contribution < -0.4 is 15.4 Å². The van der Waals surface area contributed by atoms with Crippen molar-refractivity contribution in [1.82, 2.24) is 14.9 Å². The molecule has 0 bridgehead atoms. The summed E-state index contributed by atoms with van der Waals surface area (Å²) in [5.41, 5.74) is 1.20. The fourth-order valence-corrected chi connectivity index (χ4v) is 4.62. The zero-order valence-electron chi connectivity index (χ0n) is 21.7. The van der Waals surface area contributed by atoms with Crippen LogP contribution in [0.1, 0.15) is 24.0 Å². The van der Waals surface area contributed by atoms with Crippen LogP contribution in [-0.4, -0.2) is 47.0 Å². The molecule has 0 saturated carbocycles. The number of oxazole rings is 1. The molecule has 3 heterocycles. The summed E-state index contributed by atoms with van der Waals surface area (Å²) in [7, 11) is 1.97. The number of amides is 1. The van der Waals surface area contributed by atoms with Gasteiger partial charge < -0.3 is 24.7 Å². The quantitative estimate of drug-likeness (QED) is 0.258. The first-order valence-electron chi connectivity index (χ1n) is 12.8. The minimum atomic E-state index is -4.59. The Morgan fingerprint density at radius 3 is 2.77 bits per heavy atom. The van der Waals surface area contributed by atoms with Gasteiger partial charge >= 0.3 is 6.18 Å². The van der Waals surface area contributed by atoms with Crippen molar-refractivity contribution in [2.24, 2.45) is 0 Å². The Hall–Kier alpha value is -4.38. The second-order valence-corrected chi connectivity index (χ2v) is 9.64. The SMILES string of the molecule is CN1CCC[C@@H]1COc1cc(NC(=O)Cc2cccnc2Nc2cccc(-c3cnco3)c2)cc(C(F)(F)F)c1. The van der Waals surface area contributed by atoms with E-state index in [0.717, 1.165) is 37.1 Å². The number of hydrogen-bond acceptors (Lipinski definition) is 7. The highest BCUT2D eigenvalue weighted by atomic mass is 19.4. The van der Waals surface area contributed by atoms with E-state index in [1.807, 2.05) is 31.3 Å². The number of anilines is 3. The molecule has 2 N–H and O–H groups in total. The van der Waals surface area contributed by atoms with Crippen LogP contribution in [0.25, 0.3) is 11.3 Å². The van der Waals surface area contributed by atoms with Crippen molar-refractivity contribution in [2.45, 2.75) is 31.5 Å². The van der Waals surface area contributed by atoms with E-state index >= 15 is 0 Å². The molecule has 5 rings (SSSR count). The fourth-order valence-electron chi connectivity index (χ4n) is 4.62. The highest BCUT2D eigenvalue weighted by molar-refractivity contribution is 5.93. The molecular formula is C29H28F3N5O3. The number of likely N-dealkylation sites (tertiary alicyclic amines) is 1. The Bertz CT molecular complexity index is 1460. The van der Waals surface area contributed by atoms with Gasteiger partial charge in [0.2, 0.25) is 5.91 Å². The second kappa shape index (κ2) is 11.8. The first-order chi connectivity index (χ1) is 19.2. The van der Waals surface area contributed by atoms with Crippen molar-refractivity contribution in [3.05, 3.63) is 84.5 Å². The molecule has 1 amide bonds. The summed E-state index contributed by atoms with van der Waals surface area (Å²) >= 11 is 0. The van der Waals surface area contributed by atoms with Crippen LogP contribution in [0.4, 0.5) is 30.4 Å². The van der Waals surface area contributed by atoms with Crippen LogP contribution in [-0.2, 0) is 17.4 Å². The molecule has 0 radical (unpaired) electrons. The summed E-state index contributed by atoms with van der Waals surface area (Å²) in [6.45, 7) is 1.20. The zero-order chi connectivity index (χ0) is 28.1. The van der Waals surface area contributed by atoms with Gasteiger partial charge in [-0.3, -0.25) is 4.79 Å². The van der Waals surface area contributed by atoms with Gasteiger partial charge in [-0.1, -0.05) is 18.2 Å². The maximum atomic E-state index is 13.6. The van der Waals surface area contributed by atoms with E-state index in [9.17, 15) is 18.0 Å². The van der Waals surface area contributed by atoms with Gasteiger partial charge in [0.05, 0.1) is 18.2 Å². The number of likely N-dealkylation sites (N-methyl/N-ethyl adjacent to an activating group) is 1. The lowest BCUT2D eigenvalue weighted by Gasteiger charge is -2.20. The number of carbonyl (C=O) groups excluding carboxylic acids is 1. The number of benzene rings is 2. The third kappa shape index (κ3) is 6.78. The van der Waals surface area contributed by atoms with Crippen molar-refractivity contribution in [2.75, 3.05) is 30.8 Å². The molecule has 1 saturated heterocycles. The number of nitrogens with one attached hydrogen (secondary N) is 2. The Labute approximate surface area is 229 Å². The predicted molar refractivity (Wildman–Crippen MR) is 144 cm³/mol. The summed E-state index contributed by atoms with van der Waals surface area (Å²) in [5.74, 6) is 0.609. The van der Waals surface area contributed by atoms with E-state index in [1.54, 1.807) is 24.5 Å². The molecule has 2 aromatic carbocycles. The van der Waals surface area contributed by atoms with E-state index in [2.05, 4.69) is 25.5 Å². The Morgan fingerprint density at radius 2 is 2.02 bits per heavy atom. The smallest absolute Gasteiger partial charge is 0.416 e. The van der Waals surface area contributed by atoms with Crippen LogP contribution in [0, 0.1) is 0 Å². The van der Waals surface area contributed by atoms with Crippen molar-refractivity contribution >= 4 is 23.1 Å². The Morgan fingerprint density at radius 1 is 1.15 bits per heavy atom. The highest BCUT2D eigenvalue weighted by Gasteiger charge is 2.32. The van der Waals surface area contributed by atoms with E-state index < -0.39 is 17.6 Å². The normalized spacial score (nSPS) is 15.7. The molecule has 40 heavy (non-hydrogen) atoms. The molecule has 1 fully saturated rings. The minimum absolute atomic E-state index is 0.00718. The maximum absolute atomic E-state index is 13.6. The number of halogens is 3. The van der Waals surface area contributed by atoms with Crippen molar-refractivity contribution in [3.63, 3.8) is 0 Å². The zero-order valence-corrected chi connectivity index (χ0v) is 21.7. The van der Waals surface area contributed by atoms with Gasteiger partial charge in [-0.15, -0.1) is 0 Å². The van der Waals surface area contributed by atoms with Gasteiger partial charge in [0.25, 0.3) is 0 Å². The fraction of sp³-hybridized carbons (Fsp3) is 0.276. The molecular weight excluding hydrogens is 523 g/mol. The topological polar surface area (TPSA) is 92.5 Å². The van der Waals surface area contributed by atoms with Crippen molar-refractivity contribution < 1.29 is 27.1 Å². The van der Waals surface area contributed by atoms with Crippen LogP contribution in [0.15, 0.2) is 77.8 Å². The highest BCUT2D eigenvalue weighted by Crippen LogP contribution is 2.35. The Balaban J connectivity index is 1.29. The number of hydrogen-bond donors (Lipinski definition) is 2. The lowest BCUT2D eigenvalue weighted by molar-refractivity contribution is -0.137. The van der Waals surface area contributed by atoms with Crippen LogP contribution in [0.2, 0.25) is 0 Å². The van der Waals surface area contributed by atoms with Gasteiger partial charge in [0.1, 0.15) is 18.2 Å². The summed E-state index contributed by atoms with van der Waals surface area (Å²) < 4.78 is 51.9. The third-order valence-corrected chi connectivity index (χ3v) is 6.72. The molecule has 8 nitrogen and oxygen atoms in total. The molecule has 0 unspecified atom stereocenters. The van der Waals surface area contributed by atoms with Crippen LogP contribution in [0.3, 0.4) is 0 Å². The monoisotopic (exact) mass is 551 g/mol. The maximum Gasteiger partial charge on any atom is 0.416 e. The average molecular weight is 552 g/mol. The van der Waals surface area contributed by atoms with E-state index in [0.29, 0.717) is 22.8 Å². The minimum Gasteiger partial charge on any atom is -0.492 e. The first kappa shape index (κ1) is 27.2. The number of nitrogens with zero attached hydrogens (tertiary/aromatic N) is 3. The van der Waals surface area contributed by atoms with Gasteiger partial charge in [-0.05, 0) is 56.8 Å². The van der Waals surface area contributed by atoms with Gasteiger partial charge in [0.15, 0.2) is 12.2 Å². The van der Waals surface area contributed by atoms with E-state index in [4.69, 9.17) is 9.15 Å². The summed E-state index contributed by atoms with van der Waals surface area (Å²) in [6, 6.07) is 14.2. The number of ether oxygens (including phenoxy) is 1. The molecule has 0 aliphatic carbocycles.